The van der Waals surface area contributed by atoms with Gasteiger partial charge in [0.25, 0.3) is 5.91 Å². The molecule has 0 saturated carbocycles. The van der Waals surface area contributed by atoms with Gasteiger partial charge >= 0.3 is 0 Å². The standard InChI is InChI=1S/C15H20N2O3/c1-10(9-18)3-2-6-16-15(20)12-5-4-11-8-14(19)17-13(11)7-12/h4-5,7,10,18H,2-3,6,8-9H2,1H3,(H,16,20)(H,17,19). The summed E-state index contributed by atoms with van der Waals surface area (Å²) in [5.74, 6) is 0.100. The number of hydrogen-bond acceptors (Lipinski definition) is 3. The average Bonchev–Trinajstić information content (AvgIpc) is 2.81. The Morgan fingerprint density at radius 1 is 1.50 bits per heavy atom. The molecule has 20 heavy (non-hydrogen) atoms. The first kappa shape index (κ1) is 14.5. The summed E-state index contributed by atoms with van der Waals surface area (Å²) in [6, 6.07) is 5.27. The lowest BCUT2D eigenvalue weighted by atomic mass is 10.1. The van der Waals surface area contributed by atoms with Gasteiger partial charge in [-0.1, -0.05) is 13.0 Å². The maximum Gasteiger partial charge on any atom is 0.251 e. The van der Waals surface area contributed by atoms with Gasteiger partial charge in [-0.15, -0.1) is 0 Å². The van der Waals surface area contributed by atoms with Crippen molar-refractivity contribution in [2.24, 2.45) is 5.92 Å². The monoisotopic (exact) mass is 276 g/mol. The van der Waals surface area contributed by atoms with Crippen molar-refractivity contribution in [1.29, 1.82) is 0 Å². The maximum atomic E-state index is 12.0. The van der Waals surface area contributed by atoms with Gasteiger partial charge in [0.2, 0.25) is 5.91 Å². The van der Waals surface area contributed by atoms with Gasteiger partial charge in [0.05, 0.1) is 6.42 Å². The molecule has 1 atom stereocenters. The molecule has 1 heterocycles. The maximum absolute atomic E-state index is 12.0. The molecule has 0 saturated heterocycles. The molecule has 0 spiro atoms. The van der Waals surface area contributed by atoms with Crippen molar-refractivity contribution in [1.82, 2.24) is 5.32 Å². The summed E-state index contributed by atoms with van der Waals surface area (Å²) < 4.78 is 0. The van der Waals surface area contributed by atoms with Crippen LogP contribution in [0.4, 0.5) is 5.69 Å². The number of anilines is 1. The SMILES string of the molecule is CC(CO)CCCNC(=O)c1ccc2c(c1)NC(=O)C2. The van der Waals surface area contributed by atoms with E-state index in [9.17, 15) is 9.59 Å². The van der Waals surface area contributed by atoms with Crippen LogP contribution in [0.2, 0.25) is 0 Å². The van der Waals surface area contributed by atoms with E-state index in [0.29, 0.717) is 18.5 Å². The predicted molar refractivity (Wildman–Crippen MR) is 76.6 cm³/mol. The van der Waals surface area contributed by atoms with Crippen molar-refractivity contribution < 1.29 is 14.7 Å². The minimum absolute atomic E-state index is 0.0319. The predicted octanol–water partition coefficient (Wildman–Crippen LogP) is 1.32. The molecule has 1 aromatic carbocycles. The summed E-state index contributed by atoms with van der Waals surface area (Å²) in [6.07, 6.45) is 2.11. The van der Waals surface area contributed by atoms with Crippen molar-refractivity contribution in [2.75, 3.05) is 18.5 Å². The Morgan fingerprint density at radius 3 is 3.05 bits per heavy atom. The van der Waals surface area contributed by atoms with Crippen molar-refractivity contribution in [3.63, 3.8) is 0 Å². The molecule has 108 valence electrons. The molecule has 0 aliphatic carbocycles. The largest absolute Gasteiger partial charge is 0.396 e. The molecule has 2 rings (SSSR count). The second-order valence-electron chi connectivity index (χ2n) is 5.28. The van der Waals surface area contributed by atoms with Gasteiger partial charge in [0, 0.05) is 24.4 Å². The molecular weight excluding hydrogens is 256 g/mol. The van der Waals surface area contributed by atoms with Crippen LogP contribution in [0.5, 0.6) is 0 Å². The van der Waals surface area contributed by atoms with E-state index < -0.39 is 0 Å². The highest BCUT2D eigenvalue weighted by Crippen LogP contribution is 2.23. The smallest absolute Gasteiger partial charge is 0.251 e. The van der Waals surface area contributed by atoms with Crippen LogP contribution < -0.4 is 10.6 Å². The fourth-order valence-corrected chi connectivity index (χ4v) is 2.20. The number of carbonyl (C=O) groups excluding carboxylic acids is 2. The normalized spacial score (nSPS) is 14.6. The number of carbonyl (C=O) groups is 2. The first-order valence-corrected chi connectivity index (χ1v) is 6.92. The lowest BCUT2D eigenvalue weighted by Crippen LogP contribution is -2.25. The third-order valence-electron chi connectivity index (χ3n) is 3.47. The van der Waals surface area contributed by atoms with Crippen molar-refractivity contribution in [3.05, 3.63) is 29.3 Å². The van der Waals surface area contributed by atoms with Gasteiger partial charge in [-0.25, -0.2) is 0 Å². The highest BCUT2D eigenvalue weighted by molar-refractivity contribution is 6.02. The summed E-state index contributed by atoms with van der Waals surface area (Å²) in [5.41, 5.74) is 2.22. The first-order chi connectivity index (χ1) is 9.60. The van der Waals surface area contributed by atoms with E-state index in [1.807, 2.05) is 13.0 Å². The summed E-state index contributed by atoms with van der Waals surface area (Å²) in [7, 11) is 0. The number of aliphatic hydroxyl groups is 1. The Labute approximate surface area is 118 Å². The molecule has 1 unspecified atom stereocenters. The fraction of sp³-hybridized carbons (Fsp3) is 0.467. The molecule has 0 radical (unpaired) electrons. The zero-order chi connectivity index (χ0) is 14.5. The number of benzene rings is 1. The van der Waals surface area contributed by atoms with E-state index in [4.69, 9.17) is 5.11 Å². The van der Waals surface area contributed by atoms with Gasteiger partial charge in [-0.05, 0) is 36.5 Å². The summed E-state index contributed by atoms with van der Waals surface area (Å²) >= 11 is 0. The Kier molecular flexibility index (Phi) is 4.74. The molecule has 1 aliphatic rings. The summed E-state index contributed by atoms with van der Waals surface area (Å²) in [5, 5.41) is 14.5. The highest BCUT2D eigenvalue weighted by Gasteiger charge is 2.18. The minimum atomic E-state index is -0.134. The zero-order valence-electron chi connectivity index (χ0n) is 11.6. The van der Waals surface area contributed by atoms with E-state index in [1.165, 1.54) is 0 Å². The van der Waals surface area contributed by atoms with Crippen molar-refractivity contribution in [2.45, 2.75) is 26.2 Å². The average molecular weight is 276 g/mol. The first-order valence-electron chi connectivity index (χ1n) is 6.92. The van der Waals surface area contributed by atoms with Gasteiger partial charge in [-0.3, -0.25) is 9.59 Å². The number of aliphatic hydroxyl groups excluding tert-OH is 1. The van der Waals surface area contributed by atoms with Crippen molar-refractivity contribution in [3.8, 4) is 0 Å². The third kappa shape index (κ3) is 3.57. The van der Waals surface area contributed by atoms with E-state index in [2.05, 4.69) is 10.6 Å². The summed E-state index contributed by atoms with van der Waals surface area (Å²) in [6.45, 7) is 2.75. The van der Waals surface area contributed by atoms with Gasteiger partial charge < -0.3 is 15.7 Å². The van der Waals surface area contributed by atoms with Crippen LogP contribution in [0.3, 0.4) is 0 Å². The fourth-order valence-electron chi connectivity index (χ4n) is 2.20. The van der Waals surface area contributed by atoms with Crippen LogP contribution in [-0.2, 0) is 11.2 Å². The number of fused-ring (bicyclic) bond motifs is 1. The van der Waals surface area contributed by atoms with E-state index in [0.717, 1.165) is 24.1 Å². The molecule has 1 aromatic rings. The second kappa shape index (κ2) is 6.52. The molecule has 0 aromatic heterocycles. The van der Waals surface area contributed by atoms with E-state index >= 15 is 0 Å². The molecule has 1 aliphatic heterocycles. The topological polar surface area (TPSA) is 78.4 Å². The molecule has 3 N–H and O–H groups in total. The molecular formula is C15H20N2O3. The zero-order valence-corrected chi connectivity index (χ0v) is 11.6. The molecule has 2 amide bonds. The van der Waals surface area contributed by atoms with Crippen LogP contribution in [-0.4, -0.2) is 30.1 Å². The molecule has 0 bridgehead atoms. The van der Waals surface area contributed by atoms with Gasteiger partial charge in [-0.2, -0.15) is 0 Å². The van der Waals surface area contributed by atoms with Gasteiger partial charge in [0.1, 0.15) is 0 Å². The van der Waals surface area contributed by atoms with E-state index in [1.54, 1.807) is 12.1 Å². The molecule has 5 nitrogen and oxygen atoms in total. The minimum Gasteiger partial charge on any atom is -0.396 e. The number of rotatable bonds is 6. The Hall–Kier alpha value is -1.88. The Bertz CT molecular complexity index is 514. The van der Waals surface area contributed by atoms with Crippen molar-refractivity contribution >= 4 is 17.5 Å². The van der Waals surface area contributed by atoms with Crippen LogP contribution in [0.1, 0.15) is 35.7 Å². The highest BCUT2D eigenvalue weighted by atomic mass is 16.3. The van der Waals surface area contributed by atoms with Crippen LogP contribution in [0.15, 0.2) is 18.2 Å². The lowest BCUT2D eigenvalue weighted by Gasteiger charge is -2.09. The van der Waals surface area contributed by atoms with E-state index in [-0.39, 0.29) is 24.3 Å². The number of amides is 2. The summed E-state index contributed by atoms with van der Waals surface area (Å²) in [4.78, 5) is 23.2. The van der Waals surface area contributed by atoms with Crippen LogP contribution >= 0.6 is 0 Å². The van der Waals surface area contributed by atoms with Crippen LogP contribution in [0.25, 0.3) is 0 Å². The Balaban J connectivity index is 1.84. The van der Waals surface area contributed by atoms with Gasteiger partial charge in [0.15, 0.2) is 0 Å². The Morgan fingerprint density at radius 2 is 2.30 bits per heavy atom. The molecule has 0 fully saturated rings. The molecule has 5 heteroatoms. The lowest BCUT2D eigenvalue weighted by molar-refractivity contribution is -0.115. The number of hydrogen-bond donors (Lipinski definition) is 3. The second-order valence-corrected chi connectivity index (χ2v) is 5.28. The third-order valence-corrected chi connectivity index (χ3v) is 3.47. The quantitative estimate of drug-likeness (QED) is 0.686. The number of nitrogens with one attached hydrogen (secondary N) is 2. The van der Waals surface area contributed by atoms with Crippen LogP contribution in [0, 0.1) is 5.92 Å².